The highest BCUT2D eigenvalue weighted by molar-refractivity contribution is 6.45. The maximum atomic E-state index is 6.40. The molecule has 0 aliphatic heterocycles. The number of benzene rings is 2. The number of aryl methyl sites for hydroxylation is 1. The first kappa shape index (κ1) is 17.9. The number of unbranched alkanes of at least 4 members (excludes halogenated alkanes) is 1. The van der Waals surface area contributed by atoms with Crippen LogP contribution in [0.4, 0.5) is 0 Å². The summed E-state index contributed by atoms with van der Waals surface area (Å²) in [6.45, 7) is 0.669. The first-order valence-electron chi connectivity index (χ1n) is 7.67. The van der Waals surface area contributed by atoms with E-state index < -0.39 is 0 Å². The Bertz CT molecular complexity index is 886. The molecule has 2 aromatic carbocycles. The number of nitrogens with one attached hydrogen (secondary N) is 1. The molecule has 0 aliphatic carbocycles. The number of aromatic nitrogens is 1. The molecule has 0 aliphatic rings. The number of halogens is 4. The van der Waals surface area contributed by atoms with E-state index in [9.17, 15) is 0 Å². The Morgan fingerprint density at radius 3 is 2.42 bits per heavy atom. The molecule has 0 saturated heterocycles. The molecule has 1 aromatic heterocycles. The summed E-state index contributed by atoms with van der Waals surface area (Å²) in [4.78, 5) is 3.39. The van der Waals surface area contributed by atoms with Crippen LogP contribution in [-0.2, 0) is 6.42 Å². The van der Waals surface area contributed by atoms with E-state index in [1.165, 1.54) is 0 Å². The van der Waals surface area contributed by atoms with Crippen molar-refractivity contribution in [2.75, 3.05) is 6.54 Å². The van der Waals surface area contributed by atoms with Gasteiger partial charge in [-0.2, -0.15) is 0 Å². The summed E-state index contributed by atoms with van der Waals surface area (Å²) in [6.07, 6.45) is 2.80. The fourth-order valence-electron chi connectivity index (χ4n) is 2.88. The molecule has 126 valence electrons. The van der Waals surface area contributed by atoms with Crippen molar-refractivity contribution < 1.29 is 0 Å². The van der Waals surface area contributed by atoms with E-state index in [1.54, 1.807) is 12.1 Å². The van der Waals surface area contributed by atoms with Crippen LogP contribution in [0.2, 0.25) is 20.1 Å². The number of aromatic amines is 1. The van der Waals surface area contributed by atoms with E-state index in [1.807, 2.05) is 18.2 Å². The van der Waals surface area contributed by atoms with E-state index in [0.717, 1.165) is 47.0 Å². The molecule has 0 spiro atoms. The van der Waals surface area contributed by atoms with Gasteiger partial charge in [-0.15, -0.1) is 0 Å². The third-order valence-corrected chi connectivity index (χ3v) is 5.42. The van der Waals surface area contributed by atoms with Crippen molar-refractivity contribution in [2.45, 2.75) is 19.3 Å². The van der Waals surface area contributed by atoms with Gasteiger partial charge in [-0.3, -0.25) is 0 Å². The molecule has 0 saturated carbocycles. The average molecular weight is 402 g/mol. The smallest absolute Gasteiger partial charge is 0.0833 e. The van der Waals surface area contributed by atoms with Gasteiger partial charge in [0.1, 0.15) is 0 Å². The molecule has 0 amide bonds. The van der Waals surface area contributed by atoms with Crippen LogP contribution in [0.1, 0.15) is 18.4 Å². The van der Waals surface area contributed by atoms with Gasteiger partial charge in [0.15, 0.2) is 0 Å². The van der Waals surface area contributed by atoms with Crippen molar-refractivity contribution in [3.63, 3.8) is 0 Å². The highest BCUT2D eigenvalue weighted by atomic mass is 35.5. The van der Waals surface area contributed by atoms with Gasteiger partial charge < -0.3 is 10.7 Å². The second-order valence-corrected chi connectivity index (χ2v) is 7.26. The molecule has 3 N–H and O–H groups in total. The highest BCUT2D eigenvalue weighted by Crippen LogP contribution is 2.40. The molecule has 3 aromatic rings. The van der Waals surface area contributed by atoms with Crippen LogP contribution in [0.5, 0.6) is 0 Å². The maximum absolute atomic E-state index is 6.40. The summed E-state index contributed by atoms with van der Waals surface area (Å²) in [6, 6.07) is 9.23. The summed E-state index contributed by atoms with van der Waals surface area (Å²) >= 11 is 25.1. The summed E-state index contributed by atoms with van der Waals surface area (Å²) in [5, 5.41) is 3.34. The van der Waals surface area contributed by atoms with Crippen LogP contribution in [0, 0.1) is 0 Å². The number of fused-ring (bicyclic) bond motifs is 1. The molecule has 0 radical (unpaired) electrons. The van der Waals surface area contributed by atoms with Crippen molar-refractivity contribution in [3.05, 3.63) is 56.0 Å². The summed E-state index contributed by atoms with van der Waals surface area (Å²) in [7, 11) is 0. The zero-order chi connectivity index (χ0) is 17.3. The van der Waals surface area contributed by atoms with Crippen molar-refractivity contribution in [1.82, 2.24) is 4.98 Å². The lowest BCUT2D eigenvalue weighted by Gasteiger charge is -2.08. The predicted octanol–water partition coefficient (Wildman–Crippen LogP) is 6.73. The van der Waals surface area contributed by atoms with E-state index >= 15 is 0 Å². The maximum Gasteiger partial charge on any atom is 0.0833 e. The molecule has 0 atom stereocenters. The van der Waals surface area contributed by atoms with Gasteiger partial charge in [0.05, 0.1) is 21.3 Å². The first-order valence-corrected chi connectivity index (χ1v) is 9.18. The molecule has 6 heteroatoms. The minimum Gasteiger partial charge on any atom is -0.353 e. The Hall–Kier alpha value is -0.900. The van der Waals surface area contributed by atoms with Crippen LogP contribution in [-0.4, -0.2) is 11.5 Å². The van der Waals surface area contributed by atoms with Gasteiger partial charge in [0.2, 0.25) is 0 Å². The second-order valence-electron chi connectivity index (χ2n) is 5.63. The highest BCUT2D eigenvalue weighted by Gasteiger charge is 2.18. The fourth-order valence-corrected chi connectivity index (χ4v) is 3.64. The lowest BCUT2D eigenvalue weighted by molar-refractivity contribution is 0.748. The third-order valence-electron chi connectivity index (χ3n) is 4.05. The molecule has 0 fully saturated rings. The molecular formula is C18H16Cl4N2. The molecule has 0 bridgehead atoms. The quantitative estimate of drug-likeness (QED) is 0.457. The van der Waals surface area contributed by atoms with Crippen LogP contribution < -0.4 is 5.73 Å². The lowest BCUT2D eigenvalue weighted by atomic mass is 10.0. The summed E-state index contributed by atoms with van der Waals surface area (Å²) in [5.74, 6) is 0. The predicted molar refractivity (Wildman–Crippen MR) is 106 cm³/mol. The standard InChI is InChI=1S/C18H16Cl4N2/c19-10-4-6-14(20)13(9-10)17-11(3-1-2-8-23)12-5-7-15(21)16(22)18(12)24-17/h4-7,9,24H,1-3,8,23H2. The van der Waals surface area contributed by atoms with Crippen molar-refractivity contribution in [3.8, 4) is 11.3 Å². The molecule has 0 unspecified atom stereocenters. The van der Waals surface area contributed by atoms with E-state index in [-0.39, 0.29) is 0 Å². The Labute approximate surface area is 160 Å². The van der Waals surface area contributed by atoms with Gasteiger partial charge >= 0.3 is 0 Å². The third kappa shape index (κ3) is 3.40. The van der Waals surface area contributed by atoms with Crippen molar-refractivity contribution in [1.29, 1.82) is 0 Å². The Morgan fingerprint density at radius 2 is 1.67 bits per heavy atom. The van der Waals surface area contributed by atoms with Gasteiger partial charge in [0, 0.05) is 21.0 Å². The van der Waals surface area contributed by atoms with Crippen molar-refractivity contribution >= 4 is 57.3 Å². The Kier molecular flexibility index (Phi) is 5.63. The van der Waals surface area contributed by atoms with Gasteiger partial charge in [0.25, 0.3) is 0 Å². The number of rotatable bonds is 5. The average Bonchev–Trinajstić information content (AvgIpc) is 2.93. The number of nitrogens with two attached hydrogens (primary N) is 1. The minimum atomic E-state index is 0.513. The summed E-state index contributed by atoms with van der Waals surface area (Å²) in [5.41, 5.74) is 9.39. The fraction of sp³-hybridized carbons (Fsp3) is 0.222. The number of H-pyrrole nitrogens is 1. The number of hydrogen-bond acceptors (Lipinski definition) is 1. The normalized spacial score (nSPS) is 11.4. The Balaban J connectivity index is 2.23. The molecule has 1 heterocycles. The molecule has 2 nitrogen and oxygen atoms in total. The van der Waals surface area contributed by atoms with E-state index in [2.05, 4.69) is 4.98 Å². The van der Waals surface area contributed by atoms with Gasteiger partial charge in [-0.1, -0.05) is 52.5 Å². The zero-order valence-electron chi connectivity index (χ0n) is 12.8. The molecule has 24 heavy (non-hydrogen) atoms. The van der Waals surface area contributed by atoms with Crippen LogP contribution in [0.25, 0.3) is 22.2 Å². The number of hydrogen-bond donors (Lipinski definition) is 2. The van der Waals surface area contributed by atoms with Crippen LogP contribution in [0.3, 0.4) is 0 Å². The lowest BCUT2D eigenvalue weighted by Crippen LogP contribution is -1.99. The topological polar surface area (TPSA) is 41.8 Å². The van der Waals surface area contributed by atoms with Crippen molar-refractivity contribution in [2.24, 2.45) is 5.73 Å². The van der Waals surface area contributed by atoms with E-state index in [0.29, 0.717) is 26.6 Å². The Morgan fingerprint density at radius 1 is 0.917 bits per heavy atom. The summed E-state index contributed by atoms with van der Waals surface area (Å²) < 4.78 is 0. The van der Waals surface area contributed by atoms with Crippen LogP contribution >= 0.6 is 46.4 Å². The van der Waals surface area contributed by atoms with E-state index in [4.69, 9.17) is 52.1 Å². The molecular weight excluding hydrogens is 386 g/mol. The monoisotopic (exact) mass is 400 g/mol. The SMILES string of the molecule is NCCCCc1c(-c2cc(Cl)ccc2Cl)[nH]c2c(Cl)c(Cl)ccc12. The second kappa shape index (κ2) is 7.55. The first-order chi connectivity index (χ1) is 11.5. The largest absolute Gasteiger partial charge is 0.353 e. The zero-order valence-corrected chi connectivity index (χ0v) is 15.8. The molecule has 3 rings (SSSR count). The van der Waals surface area contributed by atoms with Crippen LogP contribution in [0.15, 0.2) is 30.3 Å². The van der Waals surface area contributed by atoms with Gasteiger partial charge in [-0.25, -0.2) is 0 Å². The van der Waals surface area contributed by atoms with Gasteiger partial charge in [-0.05, 0) is 55.6 Å². The minimum absolute atomic E-state index is 0.513.